The molecule has 0 aliphatic carbocycles. The van der Waals surface area contributed by atoms with Crippen molar-refractivity contribution in [3.05, 3.63) is 29.8 Å². The van der Waals surface area contributed by atoms with Gasteiger partial charge < -0.3 is 28.8 Å². The first-order valence-electron chi connectivity index (χ1n) is 9.54. The summed E-state index contributed by atoms with van der Waals surface area (Å²) in [6.07, 6.45) is -0.784. The minimum absolute atomic E-state index is 0.0418. The second kappa shape index (κ2) is 10.4. The highest BCUT2D eigenvalue weighted by molar-refractivity contribution is 5.26. The Morgan fingerprint density at radius 1 is 1.04 bits per heavy atom. The zero-order chi connectivity index (χ0) is 20.0. The molecule has 0 radical (unpaired) electrons. The average molecular weight is 382 g/mol. The standard InChI is InChI=1S/C21H34O6/c1-13-18(11-19(24-5)25-6)27-21(15(3)22)14(2)20(13)26-12-16-7-9-17(23-4)10-8-16/h7-10,13-15,18-22H,11-12H2,1-6H3/t13-,14+,15-,18+,20-,21+/m0/s1. The van der Waals surface area contributed by atoms with Crippen LogP contribution in [0.1, 0.15) is 32.8 Å². The first-order valence-corrected chi connectivity index (χ1v) is 9.54. The van der Waals surface area contributed by atoms with E-state index in [0.29, 0.717) is 13.0 Å². The lowest BCUT2D eigenvalue weighted by Crippen LogP contribution is -2.54. The maximum Gasteiger partial charge on any atom is 0.159 e. The van der Waals surface area contributed by atoms with Crippen LogP contribution < -0.4 is 4.74 Å². The van der Waals surface area contributed by atoms with Crippen LogP contribution in [0.15, 0.2) is 24.3 Å². The number of aliphatic hydroxyl groups excluding tert-OH is 1. The summed E-state index contributed by atoms with van der Waals surface area (Å²) in [7, 11) is 4.89. The summed E-state index contributed by atoms with van der Waals surface area (Å²) in [6, 6.07) is 7.86. The van der Waals surface area contributed by atoms with Crippen LogP contribution in [0.3, 0.4) is 0 Å². The molecule has 6 heteroatoms. The third-order valence-corrected chi connectivity index (χ3v) is 5.50. The summed E-state index contributed by atoms with van der Waals surface area (Å²) in [6.45, 7) is 6.47. The van der Waals surface area contributed by atoms with E-state index in [4.69, 9.17) is 23.7 Å². The van der Waals surface area contributed by atoms with E-state index in [0.717, 1.165) is 11.3 Å². The summed E-state index contributed by atoms with van der Waals surface area (Å²) < 4.78 is 28.4. The molecule has 0 amide bonds. The van der Waals surface area contributed by atoms with Crippen molar-refractivity contribution in [2.45, 2.75) is 64.5 Å². The number of hydrogen-bond donors (Lipinski definition) is 1. The summed E-state index contributed by atoms with van der Waals surface area (Å²) in [5.41, 5.74) is 1.08. The van der Waals surface area contributed by atoms with E-state index in [-0.39, 0.29) is 36.4 Å². The van der Waals surface area contributed by atoms with E-state index in [2.05, 4.69) is 13.8 Å². The highest BCUT2D eigenvalue weighted by Gasteiger charge is 2.44. The minimum Gasteiger partial charge on any atom is -0.497 e. The van der Waals surface area contributed by atoms with Gasteiger partial charge in [0.05, 0.1) is 38.1 Å². The third-order valence-electron chi connectivity index (χ3n) is 5.50. The lowest BCUT2D eigenvalue weighted by Gasteiger charge is -2.46. The Kier molecular flexibility index (Phi) is 8.51. The highest BCUT2D eigenvalue weighted by Crippen LogP contribution is 2.36. The van der Waals surface area contributed by atoms with Gasteiger partial charge in [-0.2, -0.15) is 0 Å². The normalized spacial score (nSPS) is 29.7. The third kappa shape index (κ3) is 5.65. The zero-order valence-corrected chi connectivity index (χ0v) is 17.3. The molecule has 2 rings (SSSR count). The molecular weight excluding hydrogens is 348 g/mol. The van der Waals surface area contributed by atoms with Gasteiger partial charge in [0, 0.05) is 32.5 Å². The SMILES string of the molecule is COc1ccc(CO[C@@H]2[C@@H](C)[C@H]([C@H](C)O)O[C@H](CC(OC)OC)[C@@H]2C)cc1. The molecule has 1 aliphatic rings. The zero-order valence-electron chi connectivity index (χ0n) is 17.3. The fraction of sp³-hybridized carbons (Fsp3) is 0.714. The largest absolute Gasteiger partial charge is 0.497 e. The molecule has 0 unspecified atom stereocenters. The van der Waals surface area contributed by atoms with Crippen molar-refractivity contribution in [3.8, 4) is 5.75 Å². The molecule has 6 nitrogen and oxygen atoms in total. The Labute approximate surface area is 162 Å². The number of rotatable bonds is 9. The Balaban J connectivity index is 2.09. The van der Waals surface area contributed by atoms with Gasteiger partial charge in [0.15, 0.2) is 6.29 Å². The van der Waals surface area contributed by atoms with Gasteiger partial charge >= 0.3 is 0 Å². The Bertz CT molecular complexity index is 542. The van der Waals surface area contributed by atoms with Crippen molar-refractivity contribution in [1.29, 1.82) is 0 Å². The van der Waals surface area contributed by atoms with Crippen LogP contribution in [0.25, 0.3) is 0 Å². The van der Waals surface area contributed by atoms with Crippen molar-refractivity contribution in [3.63, 3.8) is 0 Å². The predicted octanol–water partition coefficient (Wildman–Crippen LogP) is 3.01. The maximum absolute atomic E-state index is 10.2. The minimum atomic E-state index is -0.578. The molecule has 6 atom stereocenters. The molecule has 1 heterocycles. The summed E-state index contributed by atoms with van der Waals surface area (Å²) in [4.78, 5) is 0. The van der Waals surface area contributed by atoms with Crippen LogP contribution in [0.4, 0.5) is 0 Å². The van der Waals surface area contributed by atoms with Gasteiger partial charge in [0.1, 0.15) is 5.75 Å². The second-order valence-corrected chi connectivity index (χ2v) is 7.36. The monoisotopic (exact) mass is 382 g/mol. The van der Waals surface area contributed by atoms with Crippen LogP contribution in [0.2, 0.25) is 0 Å². The molecule has 0 saturated carbocycles. The first-order chi connectivity index (χ1) is 12.9. The number of methoxy groups -OCH3 is 3. The first kappa shape index (κ1) is 22.1. The van der Waals surface area contributed by atoms with Gasteiger partial charge in [-0.3, -0.25) is 0 Å². The van der Waals surface area contributed by atoms with Crippen molar-refractivity contribution < 1.29 is 28.8 Å². The highest BCUT2D eigenvalue weighted by atomic mass is 16.7. The molecule has 1 saturated heterocycles. The fourth-order valence-electron chi connectivity index (χ4n) is 3.85. The van der Waals surface area contributed by atoms with Crippen molar-refractivity contribution in [1.82, 2.24) is 0 Å². The molecule has 27 heavy (non-hydrogen) atoms. The molecule has 154 valence electrons. The molecule has 1 aliphatic heterocycles. The molecule has 0 bridgehead atoms. The molecule has 1 fully saturated rings. The molecular formula is C21H34O6. The van der Waals surface area contributed by atoms with E-state index in [1.165, 1.54) is 0 Å². The number of aliphatic hydroxyl groups is 1. The van der Waals surface area contributed by atoms with E-state index in [9.17, 15) is 5.11 Å². The maximum atomic E-state index is 10.2. The van der Waals surface area contributed by atoms with Crippen molar-refractivity contribution >= 4 is 0 Å². The number of ether oxygens (including phenoxy) is 5. The van der Waals surface area contributed by atoms with Gasteiger partial charge in [-0.25, -0.2) is 0 Å². The smallest absolute Gasteiger partial charge is 0.159 e. The van der Waals surface area contributed by atoms with Gasteiger partial charge in [-0.05, 0) is 24.6 Å². The van der Waals surface area contributed by atoms with E-state index in [1.807, 2.05) is 24.3 Å². The Morgan fingerprint density at radius 3 is 2.19 bits per heavy atom. The molecule has 0 aromatic heterocycles. The topological polar surface area (TPSA) is 66.4 Å². The van der Waals surface area contributed by atoms with E-state index in [1.54, 1.807) is 28.3 Å². The lowest BCUT2D eigenvalue weighted by atomic mass is 9.80. The molecule has 1 N–H and O–H groups in total. The fourth-order valence-corrected chi connectivity index (χ4v) is 3.85. The average Bonchev–Trinajstić information content (AvgIpc) is 2.67. The van der Waals surface area contributed by atoms with Crippen LogP contribution >= 0.6 is 0 Å². The lowest BCUT2D eigenvalue weighted by molar-refractivity contribution is -0.227. The number of hydrogen-bond acceptors (Lipinski definition) is 6. The van der Waals surface area contributed by atoms with Gasteiger partial charge in [0.25, 0.3) is 0 Å². The predicted molar refractivity (Wildman–Crippen MR) is 103 cm³/mol. The molecule has 1 aromatic carbocycles. The Morgan fingerprint density at radius 2 is 1.67 bits per heavy atom. The van der Waals surface area contributed by atoms with E-state index >= 15 is 0 Å². The van der Waals surface area contributed by atoms with Crippen molar-refractivity contribution in [2.75, 3.05) is 21.3 Å². The van der Waals surface area contributed by atoms with Gasteiger partial charge in [-0.15, -0.1) is 0 Å². The van der Waals surface area contributed by atoms with Crippen LogP contribution in [0, 0.1) is 11.8 Å². The Hall–Kier alpha value is -1.18. The van der Waals surface area contributed by atoms with Crippen molar-refractivity contribution in [2.24, 2.45) is 11.8 Å². The second-order valence-electron chi connectivity index (χ2n) is 7.36. The number of benzene rings is 1. The van der Waals surface area contributed by atoms with Crippen LogP contribution in [-0.2, 0) is 25.6 Å². The molecule has 0 spiro atoms. The van der Waals surface area contributed by atoms with E-state index < -0.39 is 6.10 Å². The van der Waals surface area contributed by atoms with Crippen LogP contribution in [-0.4, -0.2) is 57.1 Å². The quantitative estimate of drug-likeness (QED) is 0.663. The van der Waals surface area contributed by atoms with Gasteiger partial charge in [0.2, 0.25) is 0 Å². The summed E-state index contributed by atoms with van der Waals surface area (Å²) >= 11 is 0. The molecule has 1 aromatic rings. The van der Waals surface area contributed by atoms with Crippen LogP contribution in [0.5, 0.6) is 5.75 Å². The summed E-state index contributed by atoms with van der Waals surface area (Å²) in [5, 5.41) is 10.2. The van der Waals surface area contributed by atoms with Gasteiger partial charge in [-0.1, -0.05) is 26.0 Å². The summed E-state index contributed by atoms with van der Waals surface area (Å²) in [5.74, 6) is 1.03.